The number of nitrogens with one attached hydrogen (secondary N) is 1. The fraction of sp³-hybridized carbons (Fsp3) is 0.154. The molecule has 0 saturated carbocycles. The number of nitrogens with two attached hydrogens (primary N) is 1. The predicted molar refractivity (Wildman–Crippen MR) is 81.6 cm³/mol. The monoisotopic (exact) mass is 355 g/mol. The molecule has 7 heteroatoms. The Bertz CT molecular complexity index is 732. The lowest BCUT2D eigenvalue weighted by atomic mass is 10.3. The number of nitrogen functional groups attached to an aromatic ring is 1. The molecular formula is C13H14BrN3O2S. The van der Waals surface area contributed by atoms with Crippen LogP contribution in [0.3, 0.4) is 0 Å². The highest BCUT2D eigenvalue weighted by atomic mass is 79.9. The van der Waals surface area contributed by atoms with Crippen LogP contribution in [0.5, 0.6) is 0 Å². The molecule has 0 fully saturated rings. The van der Waals surface area contributed by atoms with Crippen LogP contribution in [0.25, 0.3) is 0 Å². The van der Waals surface area contributed by atoms with Crippen LogP contribution < -0.4 is 10.5 Å². The van der Waals surface area contributed by atoms with Crippen molar-refractivity contribution in [2.24, 2.45) is 0 Å². The van der Waals surface area contributed by atoms with Gasteiger partial charge in [0.1, 0.15) is 0 Å². The van der Waals surface area contributed by atoms with Gasteiger partial charge in [0.15, 0.2) is 0 Å². The van der Waals surface area contributed by atoms with Gasteiger partial charge in [0.25, 0.3) is 0 Å². The van der Waals surface area contributed by atoms with Gasteiger partial charge in [-0.3, -0.25) is 4.98 Å². The summed E-state index contributed by atoms with van der Waals surface area (Å²) in [6.07, 6.45) is 0. The summed E-state index contributed by atoms with van der Waals surface area (Å²) in [7, 11) is -3.59. The number of rotatable bonds is 4. The zero-order chi connectivity index (χ0) is 14.8. The van der Waals surface area contributed by atoms with Crippen molar-refractivity contribution < 1.29 is 8.42 Å². The Labute approximate surface area is 126 Å². The zero-order valence-corrected chi connectivity index (χ0v) is 13.2. The van der Waals surface area contributed by atoms with Crippen molar-refractivity contribution in [2.75, 3.05) is 5.73 Å². The third-order valence-corrected chi connectivity index (χ3v) is 4.76. The van der Waals surface area contributed by atoms with Gasteiger partial charge in [0.05, 0.1) is 17.1 Å². The van der Waals surface area contributed by atoms with Crippen molar-refractivity contribution in [3.8, 4) is 0 Å². The van der Waals surface area contributed by atoms with Crippen molar-refractivity contribution in [3.05, 3.63) is 52.3 Å². The number of anilines is 1. The van der Waals surface area contributed by atoms with Crippen LogP contribution >= 0.6 is 15.9 Å². The summed E-state index contributed by atoms with van der Waals surface area (Å²) in [6, 6.07) is 9.95. The first-order valence-electron chi connectivity index (χ1n) is 5.86. The molecular weight excluding hydrogens is 342 g/mol. The lowest BCUT2D eigenvalue weighted by Gasteiger charge is -2.08. The van der Waals surface area contributed by atoms with Gasteiger partial charge in [-0.15, -0.1) is 0 Å². The van der Waals surface area contributed by atoms with Crippen molar-refractivity contribution in [2.45, 2.75) is 18.4 Å². The van der Waals surface area contributed by atoms with Crippen LogP contribution in [0.1, 0.15) is 11.4 Å². The van der Waals surface area contributed by atoms with E-state index in [0.717, 1.165) is 5.69 Å². The number of aromatic nitrogens is 1. The molecule has 0 bridgehead atoms. The molecule has 1 aromatic carbocycles. The Morgan fingerprint density at radius 2 is 2.05 bits per heavy atom. The Morgan fingerprint density at radius 3 is 2.70 bits per heavy atom. The fourth-order valence-electron chi connectivity index (χ4n) is 1.63. The minimum atomic E-state index is -3.59. The average molecular weight is 356 g/mol. The maximum atomic E-state index is 12.2. The van der Waals surface area contributed by atoms with E-state index in [1.54, 1.807) is 12.1 Å². The topological polar surface area (TPSA) is 85.1 Å². The highest BCUT2D eigenvalue weighted by Crippen LogP contribution is 2.22. The minimum Gasteiger partial charge on any atom is -0.398 e. The number of hydrogen-bond donors (Lipinski definition) is 2. The Kier molecular flexibility index (Phi) is 4.42. The largest absolute Gasteiger partial charge is 0.398 e. The smallest absolute Gasteiger partial charge is 0.240 e. The summed E-state index contributed by atoms with van der Waals surface area (Å²) in [6.45, 7) is 2.00. The summed E-state index contributed by atoms with van der Waals surface area (Å²) in [5.74, 6) is 0. The molecule has 0 aliphatic rings. The molecule has 3 N–H and O–H groups in total. The Morgan fingerprint density at radius 1 is 1.30 bits per heavy atom. The molecule has 106 valence electrons. The molecule has 20 heavy (non-hydrogen) atoms. The van der Waals surface area contributed by atoms with Gasteiger partial charge in [-0.2, -0.15) is 0 Å². The molecule has 0 spiro atoms. The van der Waals surface area contributed by atoms with Gasteiger partial charge in [-0.1, -0.05) is 6.07 Å². The van der Waals surface area contributed by atoms with E-state index in [2.05, 4.69) is 25.6 Å². The first-order chi connectivity index (χ1) is 9.38. The van der Waals surface area contributed by atoms with Gasteiger partial charge >= 0.3 is 0 Å². The molecule has 2 aromatic rings. The van der Waals surface area contributed by atoms with Crippen LogP contribution in [0.2, 0.25) is 0 Å². The lowest BCUT2D eigenvalue weighted by molar-refractivity contribution is 0.580. The van der Waals surface area contributed by atoms with Gasteiger partial charge in [0, 0.05) is 15.9 Å². The molecule has 0 unspecified atom stereocenters. The second-order valence-corrected chi connectivity index (χ2v) is 6.90. The number of hydrogen-bond acceptors (Lipinski definition) is 4. The summed E-state index contributed by atoms with van der Waals surface area (Å²) in [5.41, 5.74) is 7.65. The average Bonchev–Trinajstić information content (AvgIpc) is 2.40. The highest BCUT2D eigenvalue weighted by Gasteiger charge is 2.15. The Balaban J connectivity index is 2.17. The summed E-state index contributed by atoms with van der Waals surface area (Å²) in [4.78, 5) is 4.40. The van der Waals surface area contributed by atoms with Crippen LogP contribution in [0.15, 0.2) is 45.8 Å². The molecule has 5 nitrogen and oxygen atoms in total. The van der Waals surface area contributed by atoms with Crippen LogP contribution in [0.4, 0.5) is 5.69 Å². The number of nitrogens with zero attached hydrogens (tertiary/aromatic N) is 1. The van der Waals surface area contributed by atoms with Gasteiger partial charge < -0.3 is 5.73 Å². The number of pyridine rings is 1. The quantitative estimate of drug-likeness (QED) is 0.823. The molecule has 0 saturated heterocycles. The van der Waals surface area contributed by atoms with E-state index in [9.17, 15) is 8.42 Å². The van der Waals surface area contributed by atoms with Crippen molar-refractivity contribution in [1.29, 1.82) is 0 Å². The number of sulfonamides is 1. The first kappa shape index (κ1) is 15.0. The zero-order valence-electron chi connectivity index (χ0n) is 10.8. The van der Waals surface area contributed by atoms with Gasteiger partial charge in [0.2, 0.25) is 10.0 Å². The van der Waals surface area contributed by atoms with Gasteiger partial charge in [-0.05, 0) is 53.2 Å². The summed E-state index contributed by atoms with van der Waals surface area (Å²) < 4.78 is 27.4. The van der Waals surface area contributed by atoms with E-state index in [4.69, 9.17) is 5.73 Å². The standard InChI is InChI=1S/C13H14BrN3O2S/c1-9-3-2-4-10(17-9)8-16-20(18,19)11-5-6-13(15)12(14)7-11/h2-7,16H,8,15H2,1H3. The van der Waals surface area contributed by atoms with Crippen LogP contribution in [-0.4, -0.2) is 13.4 Å². The van der Waals surface area contributed by atoms with E-state index >= 15 is 0 Å². The molecule has 2 rings (SSSR count). The van der Waals surface area contributed by atoms with Crippen LogP contribution in [0, 0.1) is 6.92 Å². The lowest BCUT2D eigenvalue weighted by Crippen LogP contribution is -2.23. The second kappa shape index (κ2) is 5.90. The van der Waals surface area contributed by atoms with Crippen molar-refractivity contribution in [3.63, 3.8) is 0 Å². The molecule has 0 aliphatic heterocycles. The number of benzene rings is 1. The van der Waals surface area contributed by atoms with Crippen LogP contribution in [-0.2, 0) is 16.6 Å². The minimum absolute atomic E-state index is 0.145. The molecule has 0 amide bonds. The molecule has 1 aromatic heterocycles. The first-order valence-corrected chi connectivity index (χ1v) is 8.13. The third-order valence-electron chi connectivity index (χ3n) is 2.67. The fourth-order valence-corrected chi connectivity index (χ4v) is 3.18. The van der Waals surface area contributed by atoms with E-state index < -0.39 is 10.0 Å². The Hall–Kier alpha value is -1.44. The molecule has 1 heterocycles. The van der Waals surface area contributed by atoms with E-state index in [0.29, 0.717) is 15.9 Å². The van der Waals surface area contributed by atoms with E-state index in [1.807, 2.05) is 19.1 Å². The normalized spacial score (nSPS) is 11.5. The SMILES string of the molecule is Cc1cccc(CNS(=O)(=O)c2ccc(N)c(Br)c2)n1. The number of halogens is 1. The second-order valence-electron chi connectivity index (χ2n) is 4.28. The van der Waals surface area contributed by atoms with Gasteiger partial charge in [-0.25, -0.2) is 13.1 Å². The third kappa shape index (κ3) is 3.56. The molecule has 0 radical (unpaired) electrons. The maximum Gasteiger partial charge on any atom is 0.240 e. The molecule has 0 aliphatic carbocycles. The predicted octanol–water partition coefficient (Wildman–Crippen LogP) is 2.21. The highest BCUT2D eigenvalue weighted by molar-refractivity contribution is 9.10. The van der Waals surface area contributed by atoms with Crippen molar-refractivity contribution >= 4 is 31.6 Å². The van der Waals surface area contributed by atoms with E-state index in [1.165, 1.54) is 12.1 Å². The van der Waals surface area contributed by atoms with E-state index in [-0.39, 0.29) is 11.4 Å². The molecule has 0 atom stereocenters. The summed E-state index contributed by atoms with van der Waals surface area (Å²) >= 11 is 3.21. The summed E-state index contributed by atoms with van der Waals surface area (Å²) in [5, 5.41) is 0. The van der Waals surface area contributed by atoms with Crippen molar-refractivity contribution in [1.82, 2.24) is 9.71 Å². The maximum absolute atomic E-state index is 12.2. The number of aryl methyl sites for hydroxylation is 1.